The van der Waals surface area contributed by atoms with E-state index >= 15 is 0 Å². The highest BCUT2D eigenvalue weighted by molar-refractivity contribution is 7.92. The Morgan fingerprint density at radius 1 is 0.807 bits per heavy atom. The van der Waals surface area contributed by atoms with Crippen LogP contribution in [0.3, 0.4) is 0 Å². The molecule has 0 aliphatic rings. The van der Waals surface area contributed by atoms with Gasteiger partial charge in [0.2, 0.25) is 7.37 Å². The van der Waals surface area contributed by atoms with Crippen molar-refractivity contribution in [3.8, 4) is 0 Å². The summed E-state index contributed by atoms with van der Waals surface area (Å²) in [7, 11) is -5.69. The number of rotatable bonds is 5. The van der Waals surface area contributed by atoms with Gasteiger partial charge in [-0.2, -0.15) is 10.0 Å². The van der Waals surface area contributed by atoms with Crippen molar-refractivity contribution in [1.82, 2.24) is 61.0 Å². The number of carboxylic acids is 1. The van der Waals surface area contributed by atoms with E-state index in [-0.39, 0.29) is 40.9 Å². The number of carbonyl (C=O) groups excluding carboxylic acids is 2. The Morgan fingerprint density at radius 2 is 1.25 bits per heavy atom. The lowest BCUT2D eigenvalue weighted by Crippen LogP contribution is -2.26. The second kappa shape index (κ2) is 22.9. The van der Waals surface area contributed by atoms with E-state index in [0.717, 1.165) is 16.4 Å². The van der Waals surface area contributed by atoms with Crippen LogP contribution in [0.4, 0.5) is 0 Å². The molecule has 0 saturated carbocycles. The zero-order chi connectivity index (χ0) is 46.2. The van der Waals surface area contributed by atoms with Crippen LogP contribution in [0.2, 0.25) is 0 Å². The summed E-state index contributed by atoms with van der Waals surface area (Å²) in [5.74, 6) is 1.75. The average Bonchev–Trinajstić information content (AvgIpc) is 3.74. The van der Waals surface area contributed by atoms with Gasteiger partial charge in [-0.15, -0.1) is 25.5 Å². The summed E-state index contributed by atoms with van der Waals surface area (Å²) < 4.78 is 33.1. The Hall–Kier alpha value is -3.84. The summed E-state index contributed by atoms with van der Waals surface area (Å²) in [6.07, 6.45) is 1.24. The van der Waals surface area contributed by atoms with Crippen molar-refractivity contribution >= 4 is 34.7 Å². The number of hydrogen-bond donors (Lipinski definition) is 3. The van der Waals surface area contributed by atoms with E-state index in [0.29, 0.717) is 11.7 Å². The van der Waals surface area contributed by atoms with Crippen molar-refractivity contribution in [3.63, 3.8) is 0 Å². The van der Waals surface area contributed by atoms with Crippen LogP contribution in [-0.4, -0.2) is 120 Å². The van der Waals surface area contributed by atoms with E-state index in [1.54, 1.807) is 53.1 Å². The Balaban J connectivity index is -0.000000626. The SMILES string of the molecule is CC(=O)C(C)(C)C.CC(=O)Cn1nnnc1C(C)(C)C.CC(C)(C)P(C)(=O)O.CC(C)(C)S(C)(=O)=O.CC(C)(C)c1nnn(CC(=O)O)n1.CC(C)c1nn[nH]n1. The van der Waals surface area contributed by atoms with Gasteiger partial charge in [-0.3, -0.25) is 18.9 Å². The van der Waals surface area contributed by atoms with Gasteiger partial charge in [-0.1, -0.05) is 102 Å². The molecule has 57 heavy (non-hydrogen) atoms. The Bertz CT molecular complexity index is 1800. The minimum Gasteiger partial charge on any atom is -0.480 e. The van der Waals surface area contributed by atoms with Crippen LogP contribution in [0.1, 0.15) is 155 Å². The van der Waals surface area contributed by atoms with Gasteiger partial charge in [0, 0.05) is 40.2 Å². The Morgan fingerprint density at radius 3 is 1.47 bits per heavy atom. The highest BCUT2D eigenvalue weighted by Gasteiger charge is 2.28. The van der Waals surface area contributed by atoms with Gasteiger partial charge in [0.25, 0.3) is 0 Å². The maximum atomic E-state index is 10.9. The molecule has 1 atom stereocenters. The molecule has 0 aliphatic heterocycles. The summed E-state index contributed by atoms with van der Waals surface area (Å²) in [4.78, 5) is 41.6. The number of nitrogens with zero attached hydrogens (tertiary/aromatic N) is 11. The van der Waals surface area contributed by atoms with E-state index in [1.807, 2.05) is 76.2 Å². The van der Waals surface area contributed by atoms with Crippen LogP contribution in [0, 0.1) is 5.41 Å². The van der Waals surface area contributed by atoms with Gasteiger partial charge in [-0.05, 0) is 50.3 Å². The van der Waals surface area contributed by atoms with Crippen LogP contribution in [0.15, 0.2) is 0 Å². The molecule has 1 unspecified atom stereocenters. The molecule has 330 valence electrons. The Labute approximate surface area is 339 Å². The lowest BCUT2D eigenvalue weighted by atomic mass is 9.92. The van der Waals surface area contributed by atoms with E-state index in [2.05, 4.69) is 51.6 Å². The van der Waals surface area contributed by atoms with Crippen LogP contribution in [-0.2, 0) is 52.7 Å². The molecule has 3 N–H and O–H groups in total. The van der Waals surface area contributed by atoms with Crippen LogP contribution < -0.4 is 0 Å². The molecule has 0 bridgehead atoms. The number of hydrogen-bond acceptors (Lipinski definition) is 15. The maximum absolute atomic E-state index is 10.9. The number of Topliss-reactive ketones (excluding diaryl/α,β-unsaturated/α-hetero) is 2. The predicted molar refractivity (Wildman–Crippen MR) is 220 cm³/mol. The lowest BCUT2D eigenvalue weighted by molar-refractivity contribution is -0.138. The van der Waals surface area contributed by atoms with E-state index < -0.39 is 33.1 Å². The monoisotopic (exact) mass is 850 g/mol. The minimum atomic E-state index is -2.85. The largest absolute Gasteiger partial charge is 0.480 e. The van der Waals surface area contributed by atoms with Gasteiger partial charge in [0.05, 0.1) is 4.75 Å². The Kier molecular flexibility index (Phi) is 23.1. The summed E-state index contributed by atoms with van der Waals surface area (Å²) in [6.45, 7) is 36.5. The van der Waals surface area contributed by atoms with Gasteiger partial charge >= 0.3 is 5.97 Å². The van der Waals surface area contributed by atoms with Crippen LogP contribution in [0.5, 0.6) is 0 Å². The molecule has 22 heteroatoms. The molecule has 0 radical (unpaired) electrons. The smallest absolute Gasteiger partial charge is 0.327 e. The third-order valence-electron chi connectivity index (χ3n) is 7.27. The fraction of sp³-hybridized carbons (Fsp3) is 0.829. The highest BCUT2D eigenvalue weighted by atomic mass is 32.2. The molecule has 0 saturated heterocycles. The second-order valence-corrected chi connectivity index (χ2v) is 24.4. The molecule has 0 spiro atoms. The number of tetrazole rings is 3. The fourth-order valence-electron chi connectivity index (χ4n) is 2.20. The third kappa shape index (κ3) is 26.7. The molecule has 0 aromatic carbocycles. The molecule has 20 nitrogen and oxygen atoms in total. The number of carboxylic acid groups (broad SMARTS) is 1. The van der Waals surface area contributed by atoms with Gasteiger partial charge < -0.3 is 10.00 Å². The summed E-state index contributed by atoms with van der Waals surface area (Å²) in [5.41, 5.74) is -0.463. The molecular formula is C35H71N12O8PS. The zero-order valence-electron chi connectivity index (χ0n) is 38.1. The normalized spacial score (nSPS) is 13.0. The second-order valence-electron chi connectivity index (χ2n) is 18.6. The molecule has 0 amide bonds. The number of H-pyrrole nitrogens is 1. The minimum absolute atomic E-state index is 0.0535. The van der Waals surface area contributed by atoms with Crippen molar-refractivity contribution in [1.29, 1.82) is 0 Å². The van der Waals surface area contributed by atoms with E-state index in [4.69, 9.17) is 10.00 Å². The zero-order valence-corrected chi connectivity index (χ0v) is 39.8. The molecule has 3 aromatic rings. The number of aliphatic carboxylic acids is 1. The first-order valence-corrected chi connectivity index (χ1v) is 22.1. The molecule has 3 aromatic heterocycles. The van der Waals surface area contributed by atoms with Crippen LogP contribution >= 0.6 is 7.37 Å². The molecule has 0 fully saturated rings. The van der Waals surface area contributed by atoms with Crippen molar-refractivity contribution in [2.45, 2.75) is 171 Å². The number of sulfone groups is 1. The summed E-state index contributed by atoms with van der Waals surface area (Å²) >= 11 is 0. The fourth-order valence-corrected chi connectivity index (χ4v) is 2.20. The van der Waals surface area contributed by atoms with Crippen molar-refractivity contribution in [2.24, 2.45) is 5.41 Å². The lowest BCUT2D eigenvalue weighted by Gasteiger charge is -2.21. The average molecular weight is 851 g/mol. The quantitative estimate of drug-likeness (QED) is 0.282. The molecular weight excluding hydrogens is 780 g/mol. The number of ketones is 2. The van der Waals surface area contributed by atoms with Crippen molar-refractivity contribution in [2.75, 3.05) is 12.9 Å². The topological polar surface area (TPSA) is 285 Å². The summed E-state index contributed by atoms with van der Waals surface area (Å²) in [5, 5.41) is 43.8. The predicted octanol–water partition coefficient (Wildman–Crippen LogP) is 5.07. The highest BCUT2D eigenvalue weighted by Crippen LogP contribution is 2.49. The number of carbonyl (C=O) groups is 3. The van der Waals surface area contributed by atoms with Gasteiger partial charge in [0.1, 0.15) is 12.3 Å². The van der Waals surface area contributed by atoms with Gasteiger partial charge in [-0.25, -0.2) is 13.1 Å². The number of aromatic nitrogens is 12. The van der Waals surface area contributed by atoms with Gasteiger partial charge in [0.15, 0.2) is 39.6 Å². The third-order valence-corrected chi connectivity index (χ3v) is 12.0. The maximum Gasteiger partial charge on any atom is 0.327 e. The van der Waals surface area contributed by atoms with E-state index in [1.165, 1.54) is 19.8 Å². The standard InChI is InChI=1S/C8H14N4O.C7H12N4O2.C6H12O.C5H13O2P.C5H12O2S.C4H8N4/c1-6(13)5-12-7(8(2,3)4)9-10-11-12;1-7(2,3)6-8-10-11(9-6)4-5(12)13;1-5(7)6(2,3)4;2*1-5(2,3)8(4,6)7;1-3(2)4-5-7-8-6-4/h5H2,1-4H3;4H2,1-3H3,(H,12,13);1-4H3;1-4H3,(H,6,7);1-4H3;3H,1-2H3,(H,5,6,7,8). The molecule has 3 rings (SSSR count). The number of nitrogens with one attached hydrogen (secondary N) is 1. The van der Waals surface area contributed by atoms with Crippen LogP contribution in [0.25, 0.3) is 0 Å². The van der Waals surface area contributed by atoms with E-state index in [9.17, 15) is 27.4 Å². The van der Waals surface area contributed by atoms with Crippen molar-refractivity contribution in [3.05, 3.63) is 17.5 Å². The number of aromatic amines is 1. The first kappa shape index (κ1) is 57.5. The molecule has 3 heterocycles. The van der Waals surface area contributed by atoms with Crippen molar-refractivity contribution < 1.29 is 37.4 Å². The molecule has 0 aliphatic carbocycles. The first-order valence-electron chi connectivity index (χ1n) is 18.1. The summed E-state index contributed by atoms with van der Waals surface area (Å²) in [6, 6.07) is 0. The first-order chi connectivity index (χ1) is 25.1.